The minimum Gasteiger partial charge on any atom is -0.434 e. The van der Waals surface area contributed by atoms with Crippen LogP contribution in [-0.4, -0.2) is 25.5 Å². The maximum absolute atomic E-state index is 12.9. The van der Waals surface area contributed by atoms with Crippen LogP contribution in [0.15, 0.2) is 36.4 Å². The van der Waals surface area contributed by atoms with Crippen molar-refractivity contribution < 1.29 is 28.5 Å². The number of benzene rings is 3. The smallest absolute Gasteiger partial charge is 0.434 e. The lowest BCUT2D eigenvalue weighted by Crippen LogP contribution is -2.14. The second-order valence-corrected chi connectivity index (χ2v) is 10.3. The van der Waals surface area contributed by atoms with Gasteiger partial charge in [0.1, 0.15) is 5.75 Å². The summed E-state index contributed by atoms with van der Waals surface area (Å²) in [6, 6.07) is 11.5. The van der Waals surface area contributed by atoms with E-state index in [0.29, 0.717) is 40.9 Å². The van der Waals surface area contributed by atoms with Gasteiger partial charge in [-0.05, 0) is 36.8 Å². The first-order valence-electron chi connectivity index (χ1n) is 15.2. The minimum atomic E-state index is -0.726. The number of aryl methyl sites for hydroxylation is 2. The topological polar surface area (TPSA) is 71.1 Å². The number of carbonyl (C=O) groups is 2. The predicted molar refractivity (Wildman–Crippen MR) is 162 cm³/mol. The third-order valence-corrected chi connectivity index (χ3v) is 7.34. The molecule has 3 rings (SSSR count). The lowest BCUT2D eigenvalue weighted by atomic mass is 9.91. The van der Waals surface area contributed by atoms with E-state index in [2.05, 4.69) is 33.8 Å². The van der Waals surface area contributed by atoms with E-state index in [1.807, 2.05) is 30.3 Å². The molecule has 0 amide bonds. The number of ether oxygens (including phenoxy) is 4. The Morgan fingerprint density at radius 1 is 0.575 bits per heavy atom. The van der Waals surface area contributed by atoms with Crippen molar-refractivity contribution in [1.29, 1.82) is 0 Å². The van der Waals surface area contributed by atoms with E-state index in [1.54, 1.807) is 0 Å². The van der Waals surface area contributed by atoms with Crippen LogP contribution in [0, 0.1) is 0 Å². The SMILES string of the molecule is CCCCCCCOC(=O)Oc1c2ccccc2c(OC(=O)OCCCCCCC)c2c(CC)c(CC)ccc12. The maximum Gasteiger partial charge on any atom is 0.513 e. The standard InChI is InChI=1S/C34H46O6/c1-5-9-11-13-17-23-37-33(35)39-31-27-19-15-16-20-28(27)32(40-34(36)38-24-18-14-12-10-6-2)30-26(8-4)25(7-3)21-22-29(30)31/h15-16,19-22H,5-14,17-18,23-24H2,1-4H3. The zero-order chi connectivity index (χ0) is 28.7. The fourth-order valence-electron chi connectivity index (χ4n) is 5.20. The van der Waals surface area contributed by atoms with Crippen molar-refractivity contribution in [3.63, 3.8) is 0 Å². The van der Waals surface area contributed by atoms with E-state index in [9.17, 15) is 9.59 Å². The second kappa shape index (κ2) is 16.7. The maximum atomic E-state index is 12.9. The van der Waals surface area contributed by atoms with Crippen LogP contribution in [0.2, 0.25) is 0 Å². The fourth-order valence-corrected chi connectivity index (χ4v) is 5.20. The number of rotatable bonds is 16. The Morgan fingerprint density at radius 3 is 1.62 bits per heavy atom. The number of hydrogen-bond acceptors (Lipinski definition) is 6. The van der Waals surface area contributed by atoms with Gasteiger partial charge in [0.15, 0.2) is 5.75 Å². The molecule has 3 aromatic rings. The molecule has 0 heterocycles. The molecule has 6 nitrogen and oxygen atoms in total. The minimum absolute atomic E-state index is 0.323. The third kappa shape index (κ3) is 8.36. The van der Waals surface area contributed by atoms with Gasteiger partial charge in [0, 0.05) is 21.5 Å². The molecule has 0 aliphatic heterocycles. The van der Waals surface area contributed by atoms with Crippen molar-refractivity contribution in [2.45, 2.75) is 105 Å². The molecule has 0 unspecified atom stereocenters. The highest BCUT2D eigenvalue weighted by atomic mass is 16.7. The lowest BCUT2D eigenvalue weighted by Gasteiger charge is -2.19. The van der Waals surface area contributed by atoms with Gasteiger partial charge in [0.2, 0.25) is 0 Å². The van der Waals surface area contributed by atoms with E-state index >= 15 is 0 Å². The summed E-state index contributed by atoms with van der Waals surface area (Å²) in [4.78, 5) is 25.7. The molecule has 40 heavy (non-hydrogen) atoms. The first kappa shape index (κ1) is 31.3. The molecular formula is C34H46O6. The molecule has 0 radical (unpaired) electrons. The largest absolute Gasteiger partial charge is 0.513 e. The Bertz CT molecular complexity index is 1250. The second-order valence-electron chi connectivity index (χ2n) is 10.3. The number of hydrogen-bond donors (Lipinski definition) is 0. The quantitative estimate of drug-likeness (QED) is 0.0765. The highest BCUT2D eigenvalue weighted by Crippen LogP contribution is 2.45. The van der Waals surface area contributed by atoms with Crippen LogP contribution in [0.4, 0.5) is 9.59 Å². The molecule has 0 fully saturated rings. The van der Waals surface area contributed by atoms with Crippen LogP contribution < -0.4 is 9.47 Å². The van der Waals surface area contributed by atoms with Crippen LogP contribution >= 0.6 is 0 Å². The van der Waals surface area contributed by atoms with Crippen LogP contribution in [0.1, 0.15) is 103 Å². The van der Waals surface area contributed by atoms with Crippen molar-refractivity contribution >= 4 is 33.9 Å². The summed E-state index contributed by atoms with van der Waals surface area (Å²) in [6.07, 6.45) is 10.7. The molecule has 0 saturated heterocycles. The molecule has 0 aliphatic rings. The van der Waals surface area contributed by atoms with Crippen molar-refractivity contribution in [3.8, 4) is 11.5 Å². The summed E-state index contributed by atoms with van der Waals surface area (Å²) in [7, 11) is 0. The Hall–Kier alpha value is -3.28. The summed E-state index contributed by atoms with van der Waals surface area (Å²) in [6.45, 7) is 9.17. The highest BCUT2D eigenvalue weighted by molar-refractivity contribution is 6.13. The monoisotopic (exact) mass is 550 g/mol. The molecule has 0 saturated carbocycles. The van der Waals surface area contributed by atoms with E-state index in [4.69, 9.17) is 18.9 Å². The van der Waals surface area contributed by atoms with E-state index in [-0.39, 0.29) is 0 Å². The van der Waals surface area contributed by atoms with Gasteiger partial charge in [-0.15, -0.1) is 0 Å². The van der Waals surface area contributed by atoms with Gasteiger partial charge in [-0.25, -0.2) is 9.59 Å². The Labute approximate surface area is 239 Å². The van der Waals surface area contributed by atoms with Gasteiger partial charge in [-0.3, -0.25) is 0 Å². The summed E-state index contributed by atoms with van der Waals surface area (Å²) >= 11 is 0. The molecule has 0 N–H and O–H groups in total. The first-order valence-corrected chi connectivity index (χ1v) is 15.2. The summed E-state index contributed by atoms with van der Waals surface area (Å²) in [5, 5.41) is 2.82. The average Bonchev–Trinajstić information content (AvgIpc) is 2.97. The van der Waals surface area contributed by atoms with Gasteiger partial charge in [0.05, 0.1) is 13.2 Å². The van der Waals surface area contributed by atoms with Gasteiger partial charge < -0.3 is 18.9 Å². The first-order chi connectivity index (χ1) is 19.5. The molecule has 3 aromatic carbocycles. The van der Waals surface area contributed by atoms with E-state index in [1.165, 1.54) is 25.7 Å². The van der Waals surface area contributed by atoms with Crippen molar-refractivity contribution in [1.82, 2.24) is 0 Å². The number of fused-ring (bicyclic) bond motifs is 2. The molecular weight excluding hydrogens is 504 g/mol. The summed E-state index contributed by atoms with van der Waals surface area (Å²) in [5.74, 6) is 0.848. The molecule has 218 valence electrons. The number of unbranched alkanes of at least 4 members (excludes halogenated alkanes) is 8. The van der Waals surface area contributed by atoms with Crippen LogP contribution in [0.3, 0.4) is 0 Å². The summed E-state index contributed by atoms with van der Waals surface area (Å²) < 4.78 is 22.7. The zero-order valence-corrected chi connectivity index (χ0v) is 24.8. The van der Waals surface area contributed by atoms with Crippen LogP contribution in [-0.2, 0) is 22.3 Å². The lowest BCUT2D eigenvalue weighted by molar-refractivity contribution is 0.0965. The zero-order valence-electron chi connectivity index (χ0n) is 24.8. The Balaban J connectivity index is 1.94. The highest BCUT2D eigenvalue weighted by Gasteiger charge is 2.24. The van der Waals surface area contributed by atoms with Crippen molar-refractivity contribution in [2.75, 3.05) is 13.2 Å². The van der Waals surface area contributed by atoms with Crippen molar-refractivity contribution in [3.05, 3.63) is 47.5 Å². The van der Waals surface area contributed by atoms with Gasteiger partial charge in [-0.2, -0.15) is 0 Å². The number of carbonyl (C=O) groups excluding carboxylic acids is 2. The van der Waals surface area contributed by atoms with E-state index < -0.39 is 12.3 Å². The summed E-state index contributed by atoms with van der Waals surface area (Å²) in [5.41, 5.74) is 2.21. The van der Waals surface area contributed by atoms with Crippen molar-refractivity contribution in [2.24, 2.45) is 0 Å². The molecule has 0 aliphatic carbocycles. The van der Waals surface area contributed by atoms with Crippen LogP contribution in [0.25, 0.3) is 21.5 Å². The fraction of sp³-hybridized carbons (Fsp3) is 0.529. The van der Waals surface area contributed by atoms with Gasteiger partial charge >= 0.3 is 12.3 Å². The van der Waals surface area contributed by atoms with E-state index in [0.717, 1.165) is 67.9 Å². The molecule has 6 heteroatoms. The molecule has 0 bridgehead atoms. The molecule has 0 spiro atoms. The average molecular weight is 551 g/mol. The van der Waals surface area contributed by atoms with Gasteiger partial charge in [0.25, 0.3) is 0 Å². The third-order valence-electron chi connectivity index (χ3n) is 7.34. The normalized spacial score (nSPS) is 11.1. The predicted octanol–water partition coefficient (Wildman–Crippen LogP) is 10.1. The van der Waals surface area contributed by atoms with Crippen LogP contribution in [0.5, 0.6) is 11.5 Å². The Morgan fingerprint density at radius 2 is 1.10 bits per heavy atom. The van der Waals surface area contributed by atoms with Gasteiger partial charge in [-0.1, -0.05) is 115 Å². The molecule has 0 aromatic heterocycles. The Kier molecular flexibility index (Phi) is 13.1. The molecule has 0 atom stereocenters.